The van der Waals surface area contributed by atoms with Crippen LogP contribution in [0.2, 0.25) is 0 Å². The monoisotopic (exact) mass is 184 g/mol. The predicted octanol–water partition coefficient (Wildman–Crippen LogP) is 0.505. The number of hydrogen-bond acceptors (Lipinski definition) is 3. The van der Waals surface area contributed by atoms with Gasteiger partial charge in [-0.3, -0.25) is 0 Å². The first-order chi connectivity index (χ1) is 6.24. The molecule has 0 bridgehead atoms. The minimum Gasteiger partial charge on any atom is -0.311 e. The fourth-order valence-electron chi connectivity index (χ4n) is 1.73. The Morgan fingerprint density at radius 2 is 2.38 bits per heavy atom. The van der Waals surface area contributed by atoms with Crippen LogP contribution in [0.3, 0.4) is 0 Å². The third-order valence-corrected chi connectivity index (χ3v) is 2.66. The van der Waals surface area contributed by atoms with Crippen LogP contribution in [0.25, 0.3) is 0 Å². The van der Waals surface area contributed by atoms with Crippen molar-refractivity contribution in [2.24, 2.45) is 5.92 Å². The van der Waals surface area contributed by atoms with Crippen molar-refractivity contribution in [3.8, 4) is 0 Å². The van der Waals surface area contributed by atoms with E-state index in [2.05, 4.69) is 24.1 Å². The highest BCUT2D eigenvalue weighted by molar-refractivity contribution is 5.49. The summed E-state index contributed by atoms with van der Waals surface area (Å²) in [5.74, 6) is 0.680. The van der Waals surface area contributed by atoms with Crippen molar-refractivity contribution in [1.82, 2.24) is 10.2 Å². The van der Waals surface area contributed by atoms with E-state index in [1.165, 1.54) is 0 Å². The Hall–Kier alpha value is -0.410. The lowest BCUT2D eigenvalue weighted by Crippen LogP contribution is -2.52. The van der Waals surface area contributed by atoms with Crippen molar-refractivity contribution in [1.29, 1.82) is 0 Å². The van der Waals surface area contributed by atoms with E-state index in [0.717, 1.165) is 32.5 Å². The second kappa shape index (κ2) is 5.35. The van der Waals surface area contributed by atoms with Crippen molar-refractivity contribution in [3.63, 3.8) is 0 Å². The molecule has 3 nitrogen and oxygen atoms in total. The highest BCUT2D eigenvalue weighted by Gasteiger charge is 2.20. The molecule has 76 valence electrons. The lowest BCUT2D eigenvalue weighted by molar-refractivity contribution is -0.108. The molecule has 0 spiro atoms. The summed E-state index contributed by atoms with van der Waals surface area (Å²) in [6, 6.07) is 0.598. The summed E-state index contributed by atoms with van der Waals surface area (Å²) < 4.78 is 0. The third-order valence-electron chi connectivity index (χ3n) is 2.66. The van der Waals surface area contributed by atoms with E-state index in [-0.39, 0.29) is 0 Å². The molecule has 1 aliphatic heterocycles. The molecule has 1 saturated heterocycles. The molecule has 3 heteroatoms. The number of carbonyl (C=O) groups excluding carboxylic acids is 1. The van der Waals surface area contributed by atoms with Gasteiger partial charge in [-0.25, -0.2) is 0 Å². The molecule has 0 aliphatic carbocycles. The van der Waals surface area contributed by atoms with Crippen LogP contribution in [-0.2, 0) is 4.79 Å². The topological polar surface area (TPSA) is 32.3 Å². The molecule has 1 fully saturated rings. The molecule has 0 aromatic heterocycles. The van der Waals surface area contributed by atoms with Gasteiger partial charge < -0.3 is 15.0 Å². The van der Waals surface area contributed by atoms with Crippen LogP contribution in [0.4, 0.5) is 0 Å². The van der Waals surface area contributed by atoms with Crippen LogP contribution >= 0.6 is 0 Å². The predicted molar refractivity (Wildman–Crippen MR) is 53.7 cm³/mol. The average molecular weight is 184 g/mol. The van der Waals surface area contributed by atoms with E-state index < -0.39 is 0 Å². The minimum absolute atomic E-state index is 0.598. The standard InChI is InChI=1S/C10H20N2O/c1-9(2)10-8-12(5-3-7-13)6-4-11-10/h7,9-11H,3-6,8H2,1-2H3. The van der Waals surface area contributed by atoms with Gasteiger partial charge in [0.1, 0.15) is 6.29 Å². The normalized spacial score (nSPS) is 25.0. The largest absolute Gasteiger partial charge is 0.311 e. The SMILES string of the molecule is CC(C)C1CN(CCC=O)CCN1. The van der Waals surface area contributed by atoms with Gasteiger partial charge in [0.25, 0.3) is 0 Å². The van der Waals surface area contributed by atoms with Crippen LogP contribution in [-0.4, -0.2) is 43.4 Å². The van der Waals surface area contributed by atoms with Gasteiger partial charge in [0.2, 0.25) is 0 Å². The average Bonchev–Trinajstić information content (AvgIpc) is 2.15. The zero-order chi connectivity index (χ0) is 9.68. The molecule has 1 heterocycles. The molecule has 0 saturated carbocycles. The number of rotatable bonds is 4. The van der Waals surface area contributed by atoms with Gasteiger partial charge in [-0.2, -0.15) is 0 Å². The van der Waals surface area contributed by atoms with Gasteiger partial charge in [-0.05, 0) is 5.92 Å². The van der Waals surface area contributed by atoms with Crippen molar-refractivity contribution in [2.75, 3.05) is 26.2 Å². The quantitative estimate of drug-likeness (QED) is 0.646. The lowest BCUT2D eigenvalue weighted by atomic mass is 10.0. The molecule has 1 N–H and O–H groups in total. The smallest absolute Gasteiger partial charge is 0.121 e. The number of carbonyl (C=O) groups is 1. The van der Waals surface area contributed by atoms with E-state index in [4.69, 9.17) is 0 Å². The number of hydrogen-bond donors (Lipinski definition) is 1. The van der Waals surface area contributed by atoms with Crippen LogP contribution in [0.1, 0.15) is 20.3 Å². The van der Waals surface area contributed by atoms with E-state index >= 15 is 0 Å². The van der Waals surface area contributed by atoms with Gasteiger partial charge in [0.15, 0.2) is 0 Å². The van der Waals surface area contributed by atoms with Crippen molar-refractivity contribution < 1.29 is 4.79 Å². The lowest BCUT2D eigenvalue weighted by Gasteiger charge is -2.35. The van der Waals surface area contributed by atoms with Gasteiger partial charge >= 0.3 is 0 Å². The molecule has 0 radical (unpaired) electrons. The summed E-state index contributed by atoms with van der Waals surface area (Å²) >= 11 is 0. The highest BCUT2D eigenvalue weighted by Crippen LogP contribution is 2.07. The Morgan fingerprint density at radius 3 is 3.00 bits per heavy atom. The van der Waals surface area contributed by atoms with Gasteiger partial charge in [0.05, 0.1) is 0 Å². The number of nitrogens with zero attached hydrogens (tertiary/aromatic N) is 1. The minimum atomic E-state index is 0.598. The Kier molecular flexibility index (Phi) is 4.39. The van der Waals surface area contributed by atoms with Crippen LogP contribution < -0.4 is 5.32 Å². The van der Waals surface area contributed by atoms with Gasteiger partial charge in [0, 0.05) is 38.6 Å². The molecule has 13 heavy (non-hydrogen) atoms. The van der Waals surface area contributed by atoms with Crippen molar-refractivity contribution >= 4 is 6.29 Å². The van der Waals surface area contributed by atoms with Crippen LogP contribution in [0, 0.1) is 5.92 Å². The van der Waals surface area contributed by atoms with Crippen LogP contribution in [0.5, 0.6) is 0 Å². The van der Waals surface area contributed by atoms with Gasteiger partial charge in [-0.1, -0.05) is 13.8 Å². The Bertz CT molecular complexity index is 159. The zero-order valence-electron chi connectivity index (χ0n) is 8.62. The first-order valence-electron chi connectivity index (χ1n) is 5.13. The second-order valence-corrected chi connectivity index (χ2v) is 4.06. The van der Waals surface area contributed by atoms with Crippen molar-refractivity contribution in [3.05, 3.63) is 0 Å². The maximum Gasteiger partial charge on any atom is 0.121 e. The fraction of sp³-hybridized carbons (Fsp3) is 0.900. The summed E-state index contributed by atoms with van der Waals surface area (Å²) in [6.07, 6.45) is 1.68. The molecular weight excluding hydrogens is 164 g/mol. The number of aldehydes is 1. The fourth-order valence-corrected chi connectivity index (χ4v) is 1.73. The molecule has 1 aliphatic rings. The highest BCUT2D eigenvalue weighted by atomic mass is 16.1. The molecule has 1 rings (SSSR count). The first-order valence-corrected chi connectivity index (χ1v) is 5.13. The molecular formula is C10H20N2O. The Labute approximate surface area is 80.5 Å². The Morgan fingerprint density at radius 1 is 1.62 bits per heavy atom. The zero-order valence-corrected chi connectivity index (χ0v) is 8.62. The summed E-state index contributed by atoms with van der Waals surface area (Å²) in [6.45, 7) is 8.63. The van der Waals surface area contributed by atoms with Gasteiger partial charge in [-0.15, -0.1) is 0 Å². The number of nitrogens with one attached hydrogen (secondary N) is 1. The first kappa shape index (κ1) is 10.7. The number of piperazine rings is 1. The third kappa shape index (κ3) is 3.44. The van der Waals surface area contributed by atoms with E-state index in [0.29, 0.717) is 18.4 Å². The maximum absolute atomic E-state index is 10.2. The van der Waals surface area contributed by atoms with E-state index in [1.807, 2.05) is 0 Å². The molecule has 1 unspecified atom stereocenters. The summed E-state index contributed by atoms with van der Waals surface area (Å²) in [5.41, 5.74) is 0. The summed E-state index contributed by atoms with van der Waals surface area (Å²) in [5, 5.41) is 3.49. The van der Waals surface area contributed by atoms with E-state index in [9.17, 15) is 4.79 Å². The summed E-state index contributed by atoms with van der Waals surface area (Å²) in [4.78, 5) is 12.6. The Balaban J connectivity index is 2.28. The van der Waals surface area contributed by atoms with Crippen molar-refractivity contribution in [2.45, 2.75) is 26.3 Å². The second-order valence-electron chi connectivity index (χ2n) is 4.06. The molecule has 0 amide bonds. The molecule has 0 aromatic rings. The molecule has 1 atom stereocenters. The molecule has 0 aromatic carbocycles. The van der Waals surface area contributed by atoms with Crippen LogP contribution in [0.15, 0.2) is 0 Å². The maximum atomic E-state index is 10.2. The summed E-state index contributed by atoms with van der Waals surface area (Å²) in [7, 11) is 0. The van der Waals surface area contributed by atoms with E-state index in [1.54, 1.807) is 0 Å².